The molecule has 0 heterocycles. The molecule has 2 aromatic rings. The third kappa shape index (κ3) is 4.05. The second-order valence-corrected chi connectivity index (χ2v) is 5.76. The van der Waals surface area contributed by atoms with Crippen LogP contribution < -0.4 is 5.48 Å². The fourth-order valence-electron chi connectivity index (χ4n) is 1.53. The Kier molecular flexibility index (Phi) is 5.53. The summed E-state index contributed by atoms with van der Waals surface area (Å²) in [6, 6.07) is 8.53. The first kappa shape index (κ1) is 16.9. The predicted molar refractivity (Wildman–Crippen MR) is 85.8 cm³/mol. The van der Waals surface area contributed by atoms with Gasteiger partial charge in [0.2, 0.25) is 0 Å². The highest BCUT2D eigenvalue weighted by Crippen LogP contribution is 2.22. The number of hydrogen-bond donors (Lipinski definition) is 1. The molecule has 0 atom stereocenters. The lowest BCUT2D eigenvalue weighted by molar-refractivity contribution is 0.0230. The van der Waals surface area contributed by atoms with Gasteiger partial charge in [0.25, 0.3) is 5.91 Å². The summed E-state index contributed by atoms with van der Waals surface area (Å²) in [5, 5.41) is 0.992. The fraction of sp³-hybridized carbons (Fsp3) is 0. The number of rotatable bonds is 2. The molecule has 0 saturated carbocycles. The van der Waals surface area contributed by atoms with Gasteiger partial charge in [0.05, 0.1) is 21.2 Å². The average Bonchev–Trinajstić information content (AvgIpc) is 2.44. The van der Waals surface area contributed by atoms with Crippen LogP contribution in [0.15, 0.2) is 36.4 Å². The van der Waals surface area contributed by atoms with Gasteiger partial charge < -0.3 is 4.84 Å². The third-order valence-corrected chi connectivity index (χ3v) is 3.66. The van der Waals surface area contributed by atoms with Crippen molar-refractivity contribution in [3.05, 3.63) is 67.6 Å². The standard InChI is InChI=1S/C14H7Cl4NO3/c15-7-1-3-9(11(17)5-7)13(20)19-22-14(21)10-4-2-8(16)6-12(10)18/h1-6H,(H,19,20). The summed E-state index contributed by atoms with van der Waals surface area (Å²) in [6.07, 6.45) is 0. The lowest BCUT2D eigenvalue weighted by atomic mass is 10.2. The number of hydrogen-bond acceptors (Lipinski definition) is 3. The molecule has 0 aliphatic heterocycles. The first-order chi connectivity index (χ1) is 10.4. The molecular formula is C14H7Cl4NO3. The van der Waals surface area contributed by atoms with E-state index in [1.54, 1.807) is 0 Å². The lowest BCUT2D eigenvalue weighted by Gasteiger charge is -2.08. The summed E-state index contributed by atoms with van der Waals surface area (Å²) < 4.78 is 0. The normalized spacial score (nSPS) is 10.2. The molecular weight excluding hydrogens is 372 g/mol. The molecule has 1 amide bonds. The smallest absolute Gasteiger partial charge is 0.335 e. The summed E-state index contributed by atoms with van der Waals surface area (Å²) in [4.78, 5) is 28.4. The number of halogens is 4. The number of nitrogens with one attached hydrogen (secondary N) is 1. The molecule has 0 aliphatic rings. The fourth-order valence-corrected chi connectivity index (χ4v) is 2.51. The molecule has 4 nitrogen and oxygen atoms in total. The summed E-state index contributed by atoms with van der Waals surface area (Å²) in [5.41, 5.74) is 2.17. The highest BCUT2D eigenvalue weighted by Gasteiger charge is 2.16. The lowest BCUT2D eigenvalue weighted by Crippen LogP contribution is -2.27. The van der Waals surface area contributed by atoms with E-state index >= 15 is 0 Å². The van der Waals surface area contributed by atoms with Crippen molar-refractivity contribution in [3.8, 4) is 0 Å². The van der Waals surface area contributed by atoms with Crippen molar-refractivity contribution < 1.29 is 14.4 Å². The van der Waals surface area contributed by atoms with Crippen LogP contribution in [0.3, 0.4) is 0 Å². The molecule has 2 rings (SSSR count). The van der Waals surface area contributed by atoms with Gasteiger partial charge in [-0.15, -0.1) is 0 Å². The quantitative estimate of drug-likeness (QED) is 0.763. The maximum atomic E-state index is 11.9. The topological polar surface area (TPSA) is 55.4 Å². The monoisotopic (exact) mass is 377 g/mol. The van der Waals surface area contributed by atoms with Crippen LogP contribution in [0.1, 0.15) is 20.7 Å². The minimum absolute atomic E-state index is 0.0635. The highest BCUT2D eigenvalue weighted by atomic mass is 35.5. The van der Waals surface area contributed by atoms with Crippen LogP contribution in [-0.4, -0.2) is 11.9 Å². The molecule has 0 aliphatic carbocycles. The Hall–Kier alpha value is -1.46. The summed E-state index contributed by atoms with van der Waals surface area (Å²) in [6.45, 7) is 0. The van der Waals surface area contributed by atoms with E-state index in [-0.39, 0.29) is 21.2 Å². The Morgan fingerprint density at radius 2 is 1.32 bits per heavy atom. The van der Waals surface area contributed by atoms with Crippen LogP contribution in [0.4, 0.5) is 0 Å². The SMILES string of the molecule is O=C(NOC(=O)c1ccc(Cl)cc1Cl)c1ccc(Cl)cc1Cl. The molecule has 0 unspecified atom stereocenters. The van der Waals surface area contributed by atoms with Crippen LogP contribution in [0.5, 0.6) is 0 Å². The van der Waals surface area contributed by atoms with Gasteiger partial charge in [0.1, 0.15) is 0 Å². The van der Waals surface area contributed by atoms with Gasteiger partial charge in [0, 0.05) is 10.0 Å². The first-order valence-electron chi connectivity index (χ1n) is 5.80. The van der Waals surface area contributed by atoms with E-state index in [0.29, 0.717) is 10.0 Å². The Morgan fingerprint density at radius 1 is 0.818 bits per heavy atom. The van der Waals surface area contributed by atoms with E-state index in [9.17, 15) is 9.59 Å². The predicted octanol–water partition coefficient (Wildman–Crippen LogP) is 4.80. The number of benzene rings is 2. The van der Waals surface area contributed by atoms with Crippen molar-refractivity contribution in [2.45, 2.75) is 0 Å². The van der Waals surface area contributed by atoms with E-state index < -0.39 is 11.9 Å². The van der Waals surface area contributed by atoms with Crippen molar-refractivity contribution in [1.82, 2.24) is 5.48 Å². The second-order valence-electron chi connectivity index (χ2n) is 4.07. The molecule has 0 aromatic heterocycles. The number of carbonyl (C=O) groups excluding carboxylic acids is 2. The van der Waals surface area contributed by atoms with Gasteiger partial charge in [-0.05, 0) is 36.4 Å². The van der Waals surface area contributed by atoms with Crippen LogP contribution in [0.2, 0.25) is 20.1 Å². The summed E-state index contributed by atoms with van der Waals surface area (Å²) in [5.74, 6) is -1.53. The van der Waals surface area contributed by atoms with Crippen molar-refractivity contribution in [3.63, 3.8) is 0 Å². The van der Waals surface area contributed by atoms with Crippen LogP contribution in [0.25, 0.3) is 0 Å². The van der Waals surface area contributed by atoms with E-state index in [2.05, 4.69) is 0 Å². The number of hydroxylamine groups is 1. The van der Waals surface area contributed by atoms with Crippen LogP contribution >= 0.6 is 46.4 Å². The maximum absolute atomic E-state index is 11.9. The minimum atomic E-state index is -0.833. The van der Waals surface area contributed by atoms with Crippen molar-refractivity contribution in [2.75, 3.05) is 0 Å². The summed E-state index contributed by atoms with van der Waals surface area (Å²) in [7, 11) is 0. The molecule has 22 heavy (non-hydrogen) atoms. The molecule has 0 fully saturated rings. The molecule has 0 spiro atoms. The van der Waals surface area contributed by atoms with Crippen molar-refractivity contribution in [2.24, 2.45) is 0 Å². The Morgan fingerprint density at radius 3 is 1.82 bits per heavy atom. The largest absolute Gasteiger partial charge is 0.364 e. The second kappa shape index (κ2) is 7.20. The van der Waals surface area contributed by atoms with Crippen molar-refractivity contribution in [1.29, 1.82) is 0 Å². The molecule has 0 bridgehead atoms. The number of amides is 1. The highest BCUT2D eigenvalue weighted by molar-refractivity contribution is 6.37. The zero-order valence-corrected chi connectivity index (χ0v) is 13.7. The van der Waals surface area contributed by atoms with Gasteiger partial charge in [-0.1, -0.05) is 46.4 Å². The van der Waals surface area contributed by atoms with E-state index in [1.807, 2.05) is 5.48 Å². The van der Waals surface area contributed by atoms with Gasteiger partial charge in [-0.25, -0.2) is 4.79 Å². The Balaban J connectivity index is 2.06. The molecule has 0 radical (unpaired) electrons. The third-order valence-electron chi connectivity index (χ3n) is 2.56. The zero-order chi connectivity index (χ0) is 16.3. The van der Waals surface area contributed by atoms with Crippen LogP contribution in [0, 0.1) is 0 Å². The van der Waals surface area contributed by atoms with Crippen molar-refractivity contribution >= 4 is 58.3 Å². The zero-order valence-electron chi connectivity index (χ0n) is 10.7. The maximum Gasteiger partial charge on any atom is 0.364 e. The molecule has 8 heteroatoms. The average molecular weight is 379 g/mol. The van der Waals surface area contributed by atoms with Crippen LogP contribution in [-0.2, 0) is 4.84 Å². The first-order valence-corrected chi connectivity index (χ1v) is 7.31. The Bertz CT molecular complexity index is 685. The van der Waals surface area contributed by atoms with Gasteiger partial charge in [0.15, 0.2) is 0 Å². The molecule has 0 saturated heterocycles. The number of carbonyl (C=O) groups is 2. The van der Waals surface area contributed by atoms with Gasteiger partial charge >= 0.3 is 5.97 Å². The Labute approximate surface area is 145 Å². The summed E-state index contributed by atoms with van der Waals surface area (Å²) >= 11 is 23.2. The molecule has 114 valence electrons. The van der Waals surface area contributed by atoms with E-state index in [1.165, 1.54) is 36.4 Å². The van der Waals surface area contributed by atoms with E-state index in [0.717, 1.165) is 0 Å². The van der Waals surface area contributed by atoms with E-state index in [4.69, 9.17) is 51.2 Å². The molecule has 2 aromatic carbocycles. The molecule has 1 N–H and O–H groups in total. The minimum Gasteiger partial charge on any atom is -0.335 e. The van der Waals surface area contributed by atoms with Gasteiger partial charge in [-0.2, -0.15) is 5.48 Å². The van der Waals surface area contributed by atoms with Gasteiger partial charge in [-0.3, -0.25) is 4.79 Å².